The van der Waals surface area contributed by atoms with Crippen molar-refractivity contribution in [3.05, 3.63) is 58.3 Å². The number of benzene rings is 2. The molecule has 0 aromatic heterocycles. The topological polar surface area (TPSA) is 29.5 Å². The van der Waals surface area contributed by atoms with Crippen LogP contribution in [0.1, 0.15) is 5.56 Å². The highest BCUT2D eigenvalue weighted by molar-refractivity contribution is 9.10. The lowest BCUT2D eigenvalue weighted by Crippen LogP contribution is -1.93. The Morgan fingerprint density at radius 2 is 1.88 bits per heavy atom. The number of ether oxygens (including phenoxy) is 1. The molecule has 17 heavy (non-hydrogen) atoms. The van der Waals surface area contributed by atoms with Gasteiger partial charge in [0.2, 0.25) is 0 Å². The highest BCUT2D eigenvalue weighted by Crippen LogP contribution is 2.28. The minimum atomic E-state index is -0.452. The van der Waals surface area contributed by atoms with Gasteiger partial charge in [0, 0.05) is 10.0 Å². The van der Waals surface area contributed by atoms with Crippen molar-refractivity contribution in [2.45, 2.75) is 6.61 Å². The fourth-order valence-electron chi connectivity index (χ4n) is 1.41. The minimum absolute atomic E-state index is 0.133. The van der Waals surface area contributed by atoms with E-state index in [2.05, 4.69) is 15.9 Å². The molecule has 0 aliphatic heterocycles. The Morgan fingerprint density at radius 3 is 2.59 bits per heavy atom. The largest absolute Gasteiger partial charge is 0.454 e. The van der Waals surface area contributed by atoms with Crippen molar-refractivity contribution >= 4 is 15.9 Å². The molecule has 88 valence electrons. The molecule has 2 nitrogen and oxygen atoms in total. The van der Waals surface area contributed by atoms with Gasteiger partial charge in [0.1, 0.15) is 5.75 Å². The molecule has 2 aromatic carbocycles. The number of hydrogen-bond donors (Lipinski definition) is 1. The van der Waals surface area contributed by atoms with Gasteiger partial charge in [-0.2, -0.15) is 0 Å². The van der Waals surface area contributed by atoms with Crippen LogP contribution in [0, 0.1) is 5.82 Å². The zero-order valence-corrected chi connectivity index (χ0v) is 10.4. The molecule has 0 radical (unpaired) electrons. The molecule has 0 saturated carbocycles. The SMILES string of the molecule is OCc1ccccc1Oc1ccc(Br)cc1F. The lowest BCUT2D eigenvalue weighted by molar-refractivity contribution is 0.276. The Kier molecular flexibility index (Phi) is 3.76. The van der Waals surface area contributed by atoms with Gasteiger partial charge in [0.25, 0.3) is 0 Å². The second-order valence-electron chi connectivity index (χ2n) is 3.44. The Bertz CT molecular complexity index is 529. The lowest BCUT2D eigenvalue weighted by atomic mass is 10.2. The summed E-state index contributed by atoms with van der Waals surface area (Å²) in [6, 6.07) is 11.5. The summed E-state index contributed by atoms with van der Waals surface area (Å²) in [5.74, 6) is 0.137. The maximum Gasteiger partial charge on any atom is 0.166 e. The smallest absolute Gasteiger partial charge is 0.166 e. The molecule has 4 heteroatoms. The van der Waals surface area contributed by atoms with Gasteiger partial charge in [-0.25, -0.2) is 4.39 Å². The van der Waals surface area contributed by atoms with Crippen molar-refractivity contribution in [1.29, 1.82) is 0 Å². The minimum Gasteiger partial charge on any atom is -0.454 e. The van der Waals surface area contributed by atoms with E-state index in [1.165, 1.54) is 12.1 Å². The van der Waals surface area contributed by atoms with E-state index in [9.17, 15) is 4.39 Å². The summed E-state index contributed by atoms with van der Waals surface area (Å²) in [5, 5.41) is 9.13. The van der Waals surface area contributed by atoms with Gasteiger partial charge in [0.15, 0.2) is 11.6 Å². The summed E-state index contributed by atoms with van der Waals surface area (Å²) in [7, 11) is 0. The molecule has 0 fully saturated rings. The summed E-state index contributed by atoms with van der Waals surface area (Å²) in [6.07, 6.45) is 0. The third-order valence-electron chi connectivity index (χ3n) is 2.26. The van der Waals surface area contributed by atoms with Crippen molar-refractivity contribution < 1.29 is 14.2 Å². The third-order valence-corrected chi connectivity index (χ3v) is 2.75. The van der Waals surface area contributed by atoms with Crippen molar-refractivity contribution in [3.8, 4) is 11.5 Å². The first-order valence-corrected chi connectivity index (χ1v) is 5.81. The van der Waals surface area contributed by atoms with E-state index < -0.39 is 5.82 Å². The van der Waals surface area contributed by atoms with Gasteiger partial charge in [-0.05, 0) is 24.3 Å². The van der Waals surface area contributed by atoms with Gasteiger partial charge in [-0.3, -0.25) is 0 Å². The summed E-state index contributed by atoms with van der Waals surface area (Å²) in [4.78, 5) is 0. The molecule has 0 bridgehead atoms. The Labute approximate surface area is 107 Å². The van der Waals surface area contributed by atoms with Gasteiger partial charge in [-0.1, -0.05) is 34.1 Å². The fraction of sp³-hybridized carbons (Fsp3) is 0.0769. The molecule has 0 atom stereocenters. The van der Waals surface area contributed by atoms with Crippen LogP contribution >= 0.6 is 15.9 Å². The number of para-hydroxylation sites is 1. The van der Waals surface area contributed by atoms with Crippen LogP contribution < -0.4 is 4.74 Å². The summed E-state index contributed by atoms with van der Waals surface area (Å²) >= 11 is 3.17. The highest BCUT2D eigenvalue weighted by Gasteiger charge is 2.07. The summed E-state index contributed by atoms with van der Waals surface area (Å²) < 4.78 is 19.6. The van der Waals surface area contributed by atoms with E-state index in [4.69, 9.17) is 9.84 Å². The van der Waals surface area contributed by atoms with Crippen molar-refractivity contribution in [3.63, 3.8) is 0 Å². The highest BCUT2D eigenvalue weighted by atomic mass is 79.9. The Hall–Kier alpha value is -1.39. The molecule has 0 spiro atoms. The van der Waals surface area contributed by atoms with Crippen molar-refractivity contribution in [2.24, 2.45) is 0 Å². The van der Waals surface area contributed by atoms with E-state index in [1.54, 1.807) is 30.3 Å². The summed E-state index contributed by atoms with van der Waals surface area (Å²) in [5.41, 5.74) is 0.620. The normalized spacial score (nSPS) is 10.3. The Balaban J connectivity index is 2.31. The van der Waals surface area contributed by atoms with Gasteiger partial charge < -0.3 is 9.84 Å². The maximum atomic E-state index is 13.6. The zero-order chi connectivity index (χ0) is 12.3. The van der Waals surface area contributed by atoms with Crippen LogP contribution in [0.25, 0.3) is 0 Å². The number of hydrogen-bond acceptors (Lipinski definition) is 2. The first kappa shape index (κ1) is 12.1. The van der Waals surface area contributed by atoms with Crippen LogP contribution in [0.2, 0.25) is 0 Å². The lowest BCUT2D eigenvalue weighted by Gasteiger charge is -2.10. The monoisotopic (exact) mass is 296 g/mol. The van der Waals surface area contributed by atoms with Crippen LogP contribution in [-0.4, -0.2) is 5.11 Å². The molecule has 2 rings (SSSR count). The number of rotatable bonds is 3. The van der Waals surface area contributed by atoms with Gasteiger partial charge >= 0.3 is 0 Å². The third kappa shape index (κ3) is 2.84. The first-order chi connectivity index (χ1) is 8.20. The van der Waals surface area contributed by atoms with E-state index in [-0.39, 0.29) is 12.4 Å². The first-order valence-electron chi connectivity index (χ1n) is 5.02. The van der Waals surface area contributed by atoms with Crippen molar-refractivity contribution in [1.82, 2.24) is 0 Å². The van der Waals surface area contributed by atoms with E-state index in [0.717, 1.165) is 0 Å². The fourth-order valence-corrected chi connectivity index (χ4v) is 1.74. The predicted molar refractivity (Wildman–Crippen MR) is 66.5 cm³/mol. The molecule has 0 aliphatic carbocycles. The van der Waals surface area contributed by atoms with Gasteiger partial charge in [-0.15, -0.1) is 0 Å². The van der Waals surface area contributed by atoms with Crippen molar-refractivity contribution in [2.75, 3.05) is 0 Å². The second kappa shape index (κ2) is 5.29. The molecule has 0 amide bonds. The zero-order valence-electron chi connectivity index (χ0n) is 8.86. The Morgan fingerprint density at radius 1 is 1.12 bits per heavy atom. The molecular weight excluding hydrogens is 287 g/mol. The molecular formula is C13H10BrFO2. The molecule has 1 N–H and O–H groups in total. The number of halogens is 2. The van der Waals surface area contributed by atoms with Crippen LogP contribution in [0.3, 0.4) is 0 Å². The standard InChI is InChI=1S/C13H10BrFO2/c14-10-5-6-13(11(15)7-10)17-12-4-2-1-3-9(12)8-16/h1-7,16H,8H2. The number of aliphatic hydroxyl groups is 1. The number of aliphatic hydroxyl groups excluding tert-OH is 1. The van der Waals surface area contributed by atoms with Crippen LogP contribution in [-0.2, 0) is 6.61 Å². The predicted octanol–water partition coefficient (Wildman–Crippen LogP) is 3.87. The van der Waals surface area contributed by atoms with Gasteiger partial charge in [0.05, 0.1) is 6.61 Å². The molecule has 0 saturated heterocycles. The molecule has 0 unspecified atom stereocenters. The second-order valence-corrected chi connectivity index (χ2v) is 4.36. The van der Waals surface area contributed by atoms with Crippen LogP contribution in [0.5, 0.6) is 11.5 Å². The van der Waals surface area contributed by atoms with Crippen LogP contribution in [0.4, 0.5) is 4.39 Å². The average molecular weight is 297 g/mol. The quantitative estimate of drug-likeness (QED) is 0.931. The molecule has 2 aromatic rings. The molecule has 0 aliphatic rings. The molecule has 0 heterocycles. The average Bonchev–Trinajstić information content (AvgIpc) is 2.33. The maximum absolute atomic E-state index is 13.6. The van der Waals surface area contributed by atoms with E-state index in [1.807, 2.05) is 0 Å². The van der Waals surface area contributed by atoms with E-state index in [0.29, 0.717) is 15.8 Å². The summed E-state index contributed by atoms with van der Waals surface area (Å²) in [6.45, 7) is -0.145. The van der Waals surface area contributed by atoms with E-state index >= 15 is 0 Å². The van der Waals surface area contributed by atoms with Crippen LogP contribution in [0.15, 0.2) is 46.9 Å².